The van der Waals surface area contributed by atoms with Crippen LogP contribution in [0.2, 0.25) is 0 Å². The van der Waals surface area contributed by atoms with Gasteiger partial charge in [0.2, 0.25) is 11.2 Å². The van der Waals surface area contributed by atoms with E-state index in [2.05, 4.69) is 19.9 Å². The average molecular weight is 168 g/mol. The summed E-state index contributed by atoms with van der Waals surface area (Å²) in [6.07, 6.45) is 0. The minimum Gasteiger partial charge on any atom is -0.412 e. The second kappa shape index (κ2) is 3.03. The van der Waals surface area contributed by atoms with Crippen LogP contribution in [0.1, 0.15) is 25.3 Å². The molecule has 0 atom stereocenters. The molecular weight excluding hydrogens is 156 g/mol. The fourth-order valence-corrected chi connectivity index (χ4v) is 1.19. The Balaban J connectivity index is 0.000000720. The first-order valence-electron chi connectivity index (χ1n) is 3.76. The topological polar surface area (TPSA) is 57.8 Å². The summed E-state index contributed by atoms with van der Waals surface area (Å²) in [6.45, 7) is 4.27. The summed E-state index contributed by atoms with van der Waals surface area (Å²) in [7, 11) is 0. The SMILES string of the molecule is CC(C)c1cccc2ooc12.O. The van der Waals surface area contributed by atoms with Crippen LogP contribution in [0.5, 0.6) is 0 Å². The van der Waals surface area contributed by atoms with Gasteiger partial charge in [0, 0.05) is 5.56 Å². The fraction of sp³-hybridized carbons (Fsp3) is 0.333. The van der Waals surface area contributed by atoms with Gasteiger partial charge in [0.15, 0.2) is 0 Å². The molecule has 0 unspecified atom stereocenters. The summed E-state index contributed by atoms with van der Waals surface area (Å²) in [5.41, 5.74) is 2.98. The van der Waals surface area contributed by atoms with Gasteiger partial charge in [-0.05, 0) is 12.0 Å². The molecule has 0 aliphatic rings. The normalized spacial score (nSPS) is 10.6. The first-order chi connectivity index (χ1) is 5.29. The van der Waals surface area contributed by atoms with Crippen molar-refractivity contribution in [1.29, 1.82) is 0 Å². The highest BCUT2D eigenvalue weighted by molar-refractivity contribution is 5.74. The molecule has 0 aliphatic heterocycles. The van der Waals surface area contributed by atoms with E-state index >= 15 is 0 Å². The molecule has 0 radical (unpaired) electrons. The molecule has 1 aromatic heterocycles. The maximum Gasteiger partial charge on any atom is 0.229 e. The molecule has 2 aromatic rings. The fourth-order valence-electron chi connectivity index (χ4n) is 1.19. The average Bonchev–Trinajstić information content (AvgIpc) is 1.90. The molecule has 1 aromatic carbocycles. The molecule has 0 bridgehead atoms. The van der Waals surface area contributed by atoms with Gasteiger partial charge in [-0.15, -0.1) is 0 Å². The summed E-state index contributed by atoms with van der Waals surface area (Å²) in [5.74, 6) is 0.494. The van der Waals surface area contributed by atoms with Crippen LogP contribution in [0.4, 0.5) is 0 Å². The summed E-state index contributed by atoms with van der Waals surface area (Å²) < 4.78 is 9.64. The summed E-state index contributed by atoms with van der Waals surface area (Å²) in [6, 6.07) is 5.95. The predicted octanol–water partition coefficient (Wildman–Crippen LogP) is 2.32. The van der Waals surface area contributed by atoms with E-state index in [4.69, 9.17) is 9.15 Å². The minimum atomic E-state index is 0. The Morgan fingerprint density at radius 2 is 1.92 bits per heavy atom. The second-order valence-corrected chi connectivity index (χ2v) is 3.00. The molecule has 12 heavy (non-hydrogen) atoms. The second-order valence-electron chi connectivity index (χ2n) is 3.00. The molecule has 0 saturated heterocycles. The first-order valence-corrected chi connectivity index (χ1v) is 3.76. The molecule has 0 fully saturated rings. The molecule has 1 heterocycles. The lowest BCUT2D eigenvalue weighted by molar-refractivity contribution is 0.0578. The Morgan fingerprint density at radius 1 is 1.17 bits per heavy atom. The van der Waals surface area contributed by atoms with Gasteiger partial charge < -0.3 is 5.48 Å². The molecule has 3 heteroatoms. The standard InChI is InChI=1S/C9H10O2.H2O/c1-6(2)7-4-3-5-8-9(7)11-10-8;/h3-6H,1-2H3;1H2. The first kappa shape index (κ1) is 8.87. The van der Waals surface area contributed by atoms with Crippen molar-refractivity contribution in [3.8, 4) is 0 Å². The van der Waals surface area contributed by atoms with Crippen LogP contribution in [0, 0.1) is 0 Å². The van der Waals surface area contributed by atoms with Gasteiger partial charge in [0.05, 0.1) is 0 Å². The number of para-hydroxylation sites is 1. The van der Waals surface area contributed by atoms with Gasteiger partial charge >= 0.3 is 0 Å². The van der Waals surface area contributed by atoms with Gasteiger partial charge in [0.25, 0.3) is 0 Å². The minimum absolute atomic E-state index is 0. The van der Waals surface area contributed by atoms with E-state index in [1.54, 1.807) is 0 Å². The van der Waals surface area contributed by atoms with Crippen molar-refractivity contribution in [3.63, 3.8) is 0 Å². The maximum absolute atomic E-state index is 4.87. The van der Waals surface area contributed by atoms with Gasteiger partial charge in [-0.3, -0.25) is 9.15 Å². The van der Waals surface area contributed by atoms with E-state index in [0.29, 0.717) is 5.92 Å². The van der Waals surface area contributed by atoms with E-state index in [9.17, 15) is 0 Å². The molecule has 2 N–H and O–H groups in total. The van der Waals surface area contributed by atoms with Crippen LogP contribution in [0.15, 0.2) is 27.4 Å². The molecular formula is C9H12O3. The Labute approximate surface area is 70.2 Å². The summed E-state index contributed by atoms with van der Waals surface area (Å²) in [4.78, 5) is 0. The van der Waals surface area contributed by atoms with Crippen molar-refractivity contribution < 1.29 is 14.6 Å². The van der Waals surface area contributed by atoms with Gasteiger partial charge in [-0.2, -0.15) is 0 Å². The smallest absolute Gasteiger partial charge is 0.229 e. The van der Waals surface area contributed by atoms with Gasteiger partial charge in [0.1, 0.15) is 0 Å². The largest absolute Gasteiger partial charge is 0.412 e. The van der Waals surface area contributed by atoms with E-state index < -0.39 is 0 Å². The molecule has 0 aliphatic carbocycles. The summed E-state index contributed by atoms with van der Waals surface area (Å²) >= 11 is 0. The lowest BCUT2D eigenvalue weighted by Gasteiger charge is -2.07. The molecule has 0 amide bonds. The molecule has 0 saturated carbocycles. The lowest BCUT2D eigenvalue weighted by atomic mass is 10.0. The Kier molecular flexibility index (Phi) is 2.24. The highest BCUT2D eigenvalue weighted by Crippen LogP contribution is 2.27. The quantitative estimate of drug-likeness (QED) is 0.613. The number of hydrogen-bond acceptors (Lipinski definition) is 2. The highest BCUT2D eigenvalue weighted by atomic mass is 17.0. The molecule has 3 nitrogen and oxygen atoms in total. The molecule has 66 valence electrons. The van der Waals surface area contributed by atoms with Crippen LogP contribution in [0.3, 0.4) is 0 Å². The Morgan fingerprint density at radius 3 is 2.33 bits per heavy atom. The van der Waals surface area contributed by atoms with Gasteiger partial charge in [-0.1, -0.05) is 26.0 Å². The van der Waals surface area contributed by atoms with E-state index in [0.717, 1.165) is 11.2 Å². The maximum atomic E-state index is 4.87. The van der Waals surface area contributed by atoms with Crippen molar-refractivity contribution in [1.82, 2.24) is 0 Å². The molecule has 2 rings (SSSR count). The monoisotopic (exact) mass is 168 g/mol. The third-order valence-electron chi connectivity index (χ3n) is 1.85. The van der Waals surface area contributed by atoms with E-state index in [1.165, 1.54) is 5.56 Å². The van der Waals surface area contributed by atoms with Crippen molar-refractivity contribution in [2.75, 3.05) is 0 Å². The highest BCUT2D eigenvalue weighted by Gasteiger charge is 2.11. The third-order valence-corrected chi connectivity index (χ3v) is 1.85. The van der Waals surface area contributed by atoms with Crippen LogP contribution in [-0.2, 0) is 0 Å². The zero-order chi connectivity index (χ0) is 7.84. The lowest BCUT2D eigenvalue weighted by Crippen LogP contribution is -1.90. The number of fused-ring (bicyclic) bond motifs is 1. The molecule has 0 spiro atoms. The Hall–Kier alpha value is -1.22. The van der Waals surface area contributed by atoms with E-state index in [-0.39, 0.29) is 5.48 Å². The van der Waals surface area contributed by atoms with Crippen LogP contribution in [-0.4, -0.2) is 5.48 Å². The van der Waals surface area contributed by atoms with Crippen molar-refractivity contribution in [3.05, 3.63) is 23.8 Å². The van der Waals surface area contributed by atoms with E-state index in [1.807, 2.05) is 12.1 Å². The predicted molar refractivity (Wildman–Crippen MR) is 46.2 cm³/mol. The van der Waals surface area contributed by atoms with Crippen LogP contribution in [0.25, 0.3) is 11.2 Å². The number of rotatable bonds is 1. The summed E-state index contributed by atoms with van der Waals surface area (Å²) in [5, 5.41) is 0. The van der Waals surface area contributed by atoms with Gasteiger partial charge in [-0.25, -0.2) is 0 Å². The third kappa shape index (κ3) is 1.12. The number of benzene rings is 1. The zero-order valence-corrected chi connectivity index (χ0v) is 7.13. The van der Waals surface area contributed by atoms with Crippen LogP contribution < -0.4 is 0 Å². The zero-order valence-electron chi connectivity index (χ0n) is 7.13. The van der Waals surface area contributed by atoms with Crippen molar-refractivity contribution in [2.45, 2.75) is 19.8 Å². The van der Waals surface area contributed by atoms with Crippen molar-refractivity contribution in [2.24, 2.45) is 0 Å². The van der Waals surface area contributed by atoms with Crippen LogP contribution >= 0.6 is 0 Å². The van der Waals surface area contributed by atoms with Crippen molar-refractivity contribution >= 4 is 11.2 Å². The Bertz CT molecular complexity index is 356. The number of hydrogen-bond donors (Lipinski definition) is 0.